The minimum Gasteiger partial charge on any atom is -0.489 e. The van der Waals surface area contributed by atoms with E-state index in [1.165, 1.54) is 12.1 Å². The van der Waals surface area contributed by atoms with E-state index in [9.17, 15) is 0 Å². The van der Waals surface area contributed by atoms with Crippen molar-refractivity contribution in [3.8, 4) is 41.5 Å². The van der Waals surface area contributed by atoms with E-state index < -0.39 is 0 Å². The smallest absolute Gasteiger partial charge is 0.130 e. The van der Waals surface area contributed by atoms with E-state index in [1.807, 2.05) is 30.3 Å². The standard InChI is InChI=1S/C23H12N4O2/c24-11-17-4-18(12-25)8-22(7-17)28-15-16-2-1-3-21(6-16)29-23-9-19(13-26)5-20(10-23)14-27/h1-10H,15H2. The summed E-state index contributed by atoms with van der Waals surface area (Å²) in [4.78, 5) is 0. The predicted octanol–water partition coefficient (Wildman–Crippen LogP) is 4.54. The van der Waals surface area contributed by atoms with Crippen LogP contribution >= 0.6 is 0 Å². The maximum absolute atomic E-state index is 9.07. The molecule has 0 aliphatic carbocycles. The molecule has 0 heterocycles. The van der Waals surface area contributed by atoms with Crippen LogP contribution in [-0.2, 0) is 6.61 Å². The van der Waals surface area contributed by atoms with E-state index in [1.54, 1.807) is 42.5 Å². The molecule has 6 heteroatoms. The van der Waals surface area contributed by atoms with Gasteiger partial charge in [-0.05, 0) is 54.1 Å². The van der Waals surface area contributed by atoms with Crippen molar-refractivity contribution in [1.82, 2.24) is 0 Å². The third-order valence-electron chi connectivity index (χ3n) is 3.87. The van der Waals surface area contributed by atoms with Gasteiger partial charge < -0.3 is 9.47 Å². The third kappa shape index (κ3) is 4.89. The van der Waals surface area contributed by atoms with Crippen molar-refractivity contribution in [2.75, 3.05) is 0 Å². The van der Waals surface area contributed by atoms with Gasteiger partial charge in [0.2, 0.25) is 0 Å². The fourth-order valence-corrected chi connectivity index (χ4v) is 2.60. The zero-order valence-electron chi connectivity index (χ0n) is 15.1. The van der Waals surface area contributed by atoms with Gasteiger partial charge in [0.1, 0.15) is 23.9 Å². The number of nitrogens with zero attached hydrogens (tertiary/aromatic N) is 4. The van der Waals surface area contributed by atoms with Crippen molar-refractivity contribution < 1.29 is 9.47 Å². The number of hydrogen-bond acceptors (Lipinski definition) is 6. The molecule has 0 bridgehead atoms. The van der Waals surface area contributed by atoms with E-state index in [2.05, 4.69) is 0 Å². The van der Waals surface area contributed by atoms with Gasteiger partial charge in [-0.25, -0.2) is 0 Å². The largest absolute Gasteiger partial charge is 0.489 e. The molecule has 0 aliphatic heterocycles. The van der Waals surface area contributed by atoms with Crippen LogP contribution in [-0.4, -0.2) is 0 Å². The quantitative estimate of drug-likeness (QED) is 0.645. The molecule has 0 saturated heterocycles. The maximum Gasteiger partial charge on any atom is 0.130 e. The Morgan fingerprint density at radius 2 is 1.10 bits per heavy atom. The average molecular weight is 376 g/mol. The fraction of sp³-hybridized carbons (Fsp3) is 0.0435. The lowest BCUT2D eigenvalue weighted by molar-refractivity contribution is 0.305. The summed E-state index contributed by atoms with van der Waals surface area (Å²) in [5.74, 6) is 1.33. The molecule has 0 unspecified atom stereocenters. The highest BCUT2D eigenvalue weighted by Gasteiger charge is 2.06. The van der Waals surface area contributed by atoms with Crippen LogP contribution in [0.25, 0.3) is 0 Å². The molecule has 0 aliphatic rings. The van der Waals surface area contributed by atoms with Crippen molar-refractivity contribution in [2.24, 2.45) is 0 Å². The summed E-state index contributed by atoms with van der Waals surface area (Å²) in [6.45, 7) is 0.207. The number of hydrogen-bond donors (Lipinski definition) is 0. The summed E-state index contributed by atoms with van der Waals surface area (Å²) in [6, 6.07) is 24.4. The highest BCUT2D eigenvalue weighted by atomic mass is 16.5. The first-order valence-corrected chi connectivity index (χ1v) is 8.43. The zero-order valence-corrected chi connectivity index (χ0v) is 15.1. The molecule has 29 heavy (non-hydrogen) atoms. The molecule has 0 spiro atoms. The van der Waals surface area contributed by atoms with Crippen molar-refractivity contribution in [2.45, 2.75) is 6.61 Å². The molecule has 0 radical (unpaired) electrons. The van der Waals surface area contributed by atoms with Gasteiger partial charge in [0.15, 0.2) is 0 Å². The molecule has 0 saturated carbocycles. The normalized spacial score (nSPS) is 9.38. The first-order valence-electron chi connectivity index (χ1n) is 8.43. The lowest BCUT2D eigenvalue weighted by atomic mass is 10.1. The van der Waals surface area contributed by atoms with Crippen molar-refractivity contribution in [3.63, 3.8) is 0 Å². The van der Waals surface area contributed by atoms with Crippen molar-refractivity contribution >= 4 is 0 Å². The lowest BCUT2D eigenvalue weighted by Gasteiger charge is -2.10. The van der Waals surface area contributed by atoms with Crippen LogP contribution in [0.2, 0.25) is 0 Å². The van der Waals surface area contributed by atoms with E-state index in [4.69, 9.17) is 30.5 Å². The Hall–Kier alpha value is -4.78. The van der Waals surface area contributed by atoms with Gasteiger partial charge in [-0.2, -0.15) is 21.0 Å². The molecule has 3 aromatic rings. The predicted molar refractivity (Wildman–Crippen MR) is 103 cm³/mol. The van der Waals surface area contributed by atoms with Crippen LogP contribution < -0.4 is 9.47 Å². The fourth-order valence-electron chi connectivity index (χ4n) is 2.60. The van der Waals surface area contributed by atoms with Crippen LogP contribution in [0.1, 0.15) is 27.8 Å². The summed E-state index contributed by atoms with van der Waals surface area (Å²) in [7, 11) is 0. The minimum absolute atomic E-state index is 0.207. The molecule has 3 aromatic carbocycles. The van der Waals surface area contributed by atoms with Crippen LogP contribution in [0.4, 0.5) is 0 Å². The first-order chi connectivity index (χ1) is 14.1. The number of benzene rings is 3. The van der Waals surface area contributed by atoms with Gasteiger partial charge in [-0.15, -0.1) is 0 Å². The number of nitriles is 4. The lowest BCUT2D eigenvalue weighted by Crippen LogP contribution is -1.97. The average Bonchev–Trinajstić information content (AvgIpc) is 2.77. The molecule has 3 rings (SSSR count). The second kappa shape index (κ2) is 8.74. The van der Waals surface area contributed by atoms with Gasteiger partial charge in [0.05, 0.1) is 46.5 Å². The molecular weight excluding hydrogens is 364 g/mol. The van der Waals surface area contributed by atoms with Crippen LogP contribution in [0.3, 0.4) is 0 Å². The van der Waals surface area contributed by atoms with Crippen LogP contribution in [0.15, 0.2) is 60.7 Å². The first kappa shape index (κ1) is 19.0. The highest BCUT2D eigenvalue weighted by molar-refractivity contribution is 5.47. The summed E-state index contributed by atoms with van der Waals surface area (Å²) in [5, 5.41) is 36.2. The molecule has 0 N–H and O–H groups in total. The maximum atomic E-state index is 9.07. The monoisotopic (exact) mass is 376 g/mol. The van der Waals surface area contributed by atoms with Gasteiger partial charge in [-0.1, -0.05) is 12.1 Å². The molecule has 0 amide bonds. The zero-order chi connectivity index (χ0) is 20.6. The summed E-state index contributed by atoms with van der Waals surface area (Å²) < 4.78 is 11.5. The summed E-state index contributed by atoms with van der Waals surface area (Å²) in [6.07, 6.45) is 0. The number of ether oxygens (including phenoxy) is 2. The van der Waals surface area contributed by atoms with Crippen molar-refractivity contribution in [1.29, 1.82) is 21.0 Å². The number of rotatable bonds is 5. The van der Waals surface area contributed by atoms with Gasteiger partial charge in [-0.3, -0.25) is 0 Å². The van der Waals surface area contributed by atoms with Crippen LogP contribution in [0.5, 0.6) is 17.2 Å². The topological polar surface area (TPSA) is 114 Å². The molecular formula is C23H12N4O2. The second-order valence-corrected chi connectivity index (χ2v) is 5.98. The Labute approximate surface area is 167 Å². The summed E-state index contributed by atoms with van der Waals surface area (Å²) >= 11 is 0. The molecule has 0 atom stereocenters. The Bertz CT molecular complexity index is 1170. The van der Waals surface area contributed by atoms with Crippen molar-refractivity contribution in [3.05, 3.63) is 88.5 Å². The van der Waals surface area contributed by atoms with E-state index in [0.29, 0.717) is 39.5 Å². The van der Waals surface area contributed by atoms with Gasteiger partial charge in [0, 0.05) is 0 Å². The van der Waals surface area contributed by atoms with Gasteiger partial charge >= 0.3 is 0 Å². The van der Waals surface area contributed by atoms with Gasteiger partial charge in [0.25, 0.3) is 0 Å². The van der Waals surface area contributed by atoms with E-state index >= 15 is 0 Å². The second-order valence-electron chi connectivity index (χ2n) is 5.98. The minimum atomic E-state index is 0.207. The molecule has 6 nitrogen and oxygen atoms in total. The molecule has 136 valence electrons. The third-order valence-corrected chi connectivity index (χ3v) is 3.87. The van der Waals surface area contributed by atoms with E-state index in [0.717, 1.165) is 5.56 Å². The highest BCUT2D eigenvalue weighted by Crippen LogP contribution is 2.25. The Kier molecular flexibility index (Phi) is 5.72. The SMILES string of the molecule is N#Cc1cc(C#N)cc(OCc2cccc(Oc3cc(C#N)cc(C#N)c3)c2)c1. The molecule has 0 aromatic heterocycles. The Morgan fingerprint density at radius 3 is 1.62 bits per heavy atom. The summed E-state index contributed by atoms with van der Waals surface area (Å²) in [5.41, 5.74) is 2.18. The van der Waals surface area contributed by atoms with E-state index in [-0.39, 0.29) is 6.61 Å². The Balaban J connectivity index is 1.76. The van der Waals surface area contributed by atoms with Crippen LogP contribution in [0, 0.1) is 45.3 Å². The molecule has 0 fully saturated rings. The Morgan fingerprint density at radius 1 is 0.586 bits per heavy atom.